The van der Waals surface area contributed by atoms with Gasteiger partial charge in [0.2, 0.25) is 0 Å². The van der Waals surface area contributed by atoms with E-state index in [0.29, 0.717) is 25.5 Å². The molecule has 3 rings (SSSR count). The van der Waals surface area contributed by atoms with E-state index >= 15 is 0 Å². The summed E-state index contributed by atoms with van der Waals surface area (Å²) < 4.78 is 5.18. The van der Waals surface area contributed by atoms with Gasteiger partial charge in [0, 0.05) is 18.0 Å². The number of nitrogens with one attached hydrogen (secondary N) is 1. The second-order valence-electron chi connectivity index (χ2n) is 6.96. The number of carbonyl (C=O) groups is 2. The Labute approximate surface area is 127 Å². The lowest BCUT2D eigenvalue weighted by Gasteiger charge is -2.37. The molecule has 0 spiro atoms. The van der Waals surface area contributed by atoms with Crippen molar-refractivity contribution in [3.8, 4) is 0 Å². The molecule has 4 heteroatoms. The van der Waals surface area contributed by atoms with Gasteiger partial charge in [0.15, 0.2) is 5.78 Å². The predicted molar refractivity (Wildman–Crippen MR) is 79.8 cm³/mol. The largest absolute Gasteiger partial charge is 0.465 e. The second kappa shape index (κ2) is 6.07. The van der Waals surface area contributed by atoms with Crippen LogP contribution in [0.15, 0.2) is 0 Å². The third-order valence-corrected chi connectivity index (χ3v) is 5.78. The zero-order valence-corrected chi connectivity index (χ0v) is 13.0. The van der Waals surface area contributed by atoms with Gasteiger partial charge >= 0.3 is 5.97 Å². The summed E-state index contributed by atoms with van der Waals surface area (Å²) in [7, 11) is 0. The van der Waals surface area contributed by atoms with Gasteiger partial charge in [-0.25, -0.2) is 0 Å². The molecule has 3 saturated carbocycles. The van der Waals surface area contributed by atoms with Crippen LogP contribution in [0.5, 0.6) is 0 Å². The van der Waals surface area contributed by atoms with Crippen LogP contribution in [0.25, 0.3) is 0 Å². The first kappa shape index (κ1) is 15.0. The van der Waals surface area contributed by atoms with E-state index in [1.54, 1.807) is 0 Å². The molecule has 3 aliphatic rings. The Morgan fingerprint density at radius 1 is 1.19 bits per heavy atom. The van der Waals surface area contributed by atoms with Gasteiger partial charge in [-0.2, -0.15) is 0 Å². The Bertz CT molecular complexity index is 416. The van der Waals surface area contributed by atoms with Gasteiger partial charge in [-0.3, -0.25) is 9.59 Å². The van der Waals surface area contributed by atoms with Crippen LogP contribution >= 0.6 is 0 Å². The number of ketones is 1. The maximum absolute atomic E-state index is 12.7. The highest BCUT2D eigenvalue weighted by atomic mass is 16.5. The number of rotatable bonds is 4. The summed E-state index contributed by atoms with van der Waals surface area (Å²) in [6.45, 7) is 2.17. The topological polar surface area (TPSA) is 55.4 Å². The zero-order valence-electron chi connectivity index (χ0n) is 13.0. The Balaban J connectivity index is 1.65. The van der Waals surface area contributed by atoms with Crippen molar-refractivity contribution in [2.24, 2.45) is 11.3 Å². The number of fused-ring (bicyclic) bond motifs is 2. The van der Waals surface area contributed by atoms with E-state index in [1.807, 2.05) is 6.92 Å². The van der Waals surface area contributed by atoms with E-state index in [0.717, 1.165) is 12.8 Å². The molecule has 118 valence electrons. The molecule has 0 unspecified atom stereocenters. The summed E-state index contributed by atoms with van der Waals surface area (Å²) in [4.78, 5) is 25.0. The highest BCUT2D eigenvalue weighted by Gasteiger charge is 2.58. The maximum Gasteiger partial charge on any atom is 0.319 e. The van der Waals surface area contributed by atoms with Gasteiger partial charge < -0.3 is 10.1 Å². The molecule has 0 heterocycles. The van der Waals surface area contributed by atoms with Crippen molar-refractivity contribution in [2.45, 2.75) is 76.8 Å². The summed E-state index contributed by atoms with van der Waals surface area (Å²) in [5.74, 6) is -0.0841. The second-order valence-corrected chi connectivity index (χ2v) is 6.96. The minimum absolute atomic E-state index is 0.0325. The average Bonchev–Trinajstić information content (AvgIpc) is 2.71. The molecule has 21 heavy (non-hydrogen) atoms. The van der Waals surface area contributed by atoms with Crippen molar-refractivity contribution >= 4 is 11.8 Å². The minimum Gasteiger partial charge on any atom is -0.465 e. The number of Topliss-reactive ketones (excluding diaryl/α,β-unsaturated/α-hetero) is 1. The minimum atomic E-state index is -0.800. The SMILES string of the molecule is CCOC(=O)[C@@]12CC[C@@H](NC3CCCCC3)[C@@H](CC1)C2=O. The van der Waals surface area contributed by atoms with Gasteiger partial charge in [-0.05, 0) is 45.4 Å². The standard InChI is InChI=1S/C17H27NO3/c1-2-21-16(20)17-10-8-13(15(17)19)14(9-11-17)18-12-6-4-3-5-7-12/h12-14,18H,2-11H2,1H3/t13-,14-,17-/m1/s1. The normalized spacial score (nSPS) is 36.7. The van der Waals surface area contributed by atoms with Crippen molar-refractivity contribution in [3.63, 3.8) is 0 Å². The van der Waals surface area contributed by atoms with Gasteiger partial charge in [-0.1, -0.05) is 19.3 Å². The van der Waals surface area contributed by atoms with Crippen molar-refractivity contribution in [1.82, 2.24) is 5.32 Å². The van der Waals surface area contributed by atoms with E-state index in [2.05, 4.69) is 5.32 Å². The Morgan fingerprint density at radius 3 is 2.62 bits per heavy atom. The first-order chi connectivity index (χ1) is 10.2. The smallest absolute Gasteiger partial charge is 0.319 e. The van der Waals surface area contributed by atoms with E-state index in [9.17, 15) is 9.59 Å². The highest BCUT2D eigenvalue weighted by Crippen LogP contribution is 2.49. The van der Waals surface area contributed by atoms with Crippen LogP contribution in [0.3, 0.4) is 0 Å². The summed E-state index contributed by atoms with van der Waals surface area (Å²) in [5.41, 5.74) is -0.800. The molecule has 4 nitrogen and oxygen atoms in total. The molecule has 0 amide bonds. The van der Waals surface area contributed by atoms with Crippen molar-refractivity contribution in [2.75, 3.05) is 6.61 Å². The van der Waals surface area contributed by atoms with Crippen LogP contribution in [0.1, 0.15) is 64.7 Å². The average molecular weight is 293 g/mol. The lowest BCUT2D eigenvalue weighted by molar-refractivity contribution is -0.161. The van der Waals surface area contributed by atoms with E-state index in [1.165, 1.54) is 32.1 Å². The Morgan fingerprint density at radius 2 is 1.90 bits per heavy atom. The molecule has 0 aliphatic heterocycles. The molecular formula is C17H27NO3. The van der Waals surface area contributed by atoms with Crippen LogP contribution in [0.4, 0.5) is 0 Å². The molecular weight excluding hydrogens is 266 g/mol. The molecule has 1 N–H and O–H groups in total. The van der Waals surface area contributed by atoms with Gasteiger partial charge in [0.25, 0.3) is 0 Å². The van der Waals surface area contributed by atoms with Gasteiger partial charge in [0.05, 0.1) is 6.61 Å². The number of hydrogen-bond donors (Lipinski definition) is 1. The van der Waals surface area contributed by atoms with Crippen LogP contribution in [0, 0.1) is 11.3 Å². The van der Waals surface area contributed by atoms with Crippen LogP contribution in [0.2, 0.25) is 0 Å². The molecule has 0 aromatic rings. The quantitative estimate of drug-likeness (QED) is 0.639. The Hall–Kier alpha value is -0.900. The van der Waals surface area contributed by atoms with Crippen molar-refractivity contribution < 1.29 is 14.3 Å². The molecule has 0 radical (unpaired) electrons. The van der Waals surface area contributed by atoms with E-state index < -0.39 is 5.41 Å². The van der Waals surface area contributed by atoms with Crippen LogP contribution in [-0.4, -0.2) is 30.4 Å². The number of esters is 1. The molecule has 3 fully saturated rings. The maximum atomic E-state index is 12.7. The van der Waals surface area contributed by atoms with Crippen LogP contribution < -0.4 is 5.32 Å². The fraction of sp³-hybridized carbons (Fsp3) is 0.882. The molecule has 0 aromatic carbocycles. The summed E-state index contributed by atoms with van der Waals surface area (Å²) >= 11 is 0. The first-order valence-corrected chi connectivity index (χ1v) is 8.65. The van der Waals surface area contributed by atoms with Gasteiger partial charge in [-0.15, -0.1) is 0 Å². The molecule has 2 bridgehead atoms. The number of hydrogen-bond acceptors (Lipinski definition) is 4. The lowest BCUT2D eigenvalue weighted by atomic mass is 9.72. The number of ether oxygens (including phenoxy) is 1. The summed E-state index contributed by atoms with van der Waals surface area (Å²) in [5, 5.41) is 3.73. The Kier molecular flexibility index (Phi) is 4.34. The van der Waals surface area contributed by atoms with Gasteiger partial charge in [0.1, 0.15) is 5.41 Å². The van der Waals surface area contributed by atoms with E-state index in [4.69, 9.17) is 4.74 Å². The molecule has 3 atom stereocenters. The van der Waals surface area contributed by atoms with Crippen molar-refractivity contribution in [3.05, 3.63) is 0 Å². The lowest BCUT2D eigenvalue weighted by Crippen LogP contribution is -2.52. The molecule has 3 aliphatic carbocycles. The number of carbonyl (C=O) groups excluding carboxylic acids is 2. The first-order valence-electron chi connectivity index (χ1n) is 8.65. The fourth-order valence-electron chi connectivity index (χ4n) is 4.59. The highest BCUT2D eigenvalue weighted by molar-refractivity contribution is 6.07. The predicted octanol–water partition coefficient (Wildman–Crippen LogP) is 2.60. The monoisotopic (exact) mass is 293 g/mol. The van der Waals surface area contributed by atoms with Crippen molar-refractivity contribution in [1.29, 1.82) is 0 Å². The van der Waals surface area contributed by atoms with Crippen LogP contribution in [-0.2, 0) is 14.3 Å². The third kappa shape index (κ3) is 2.63. The third-order valence-electron chi connectivity index (χ3n) is 5.78. The van der Waals surface area contributed by atoms with E-state index in [-0.39, 0.29) is 23.7 Å². The fourth-order valence-corrected chi connectivity index (χ4v) is 4.59. The summed E-state index contributed by atoms with van der Waals surface area (Å²) in [6, 6.07) is 0.859. The zero-order chi connectivity index (χ0) is 14.9. The summed E-state index contributed by atoms with van der Waals surface area (Å²) in [6.07, 6.45) is 9.57. The molecule has 0 saturated heterocycles. The molecule has 0 aromatic heterocycles.